The van der Waals surface area contributed by atoms with E-state index in [9.17, 15) is 14.4 Å². The molecule has 1 unspecified atom stereocenters. The Balaban J connectivity index is 1.88. The highest BCUT2D eigenvalue weighted by atomic mass is 35.5. The highest BCUT2D eigenvalue weighted by molar-refractivity contribution is 8.01. The van der Waals surface area contributed by atoms with Gasteiger partial charge in [0.15, 0.2) is 0 Å². The molecule has 0 saturated heterocycles. The Hall–Kier alpha value is -1.73. The molecule has 1 aliphatic heterocycles. The molecular weight excluding hydrogens is 338 g/mol. The zero-order valence-corrected chi connectivity index (χ0v) is 14.4. The molecule has 0 bridgehead atoms. The van der Waals surface area contributed by atoms with E-state index < -0.39 is 5.25 Å². The van der Waals surface area contributed by atoms with Crippen LogP contribution >= 0.6 is 23.4 Å². The van der Waals surface area contributed by atoms with E-state index in [2.05, 4.69) is 16.0 Å². The number of carbonyl (C=O) groups is 3. The Morgan fingerprint density at radius 2 is 2.09 bits per heavy atom. The van der Waals surface area contributed by atoms with Crippen molar-refractivity contribution < 1.29 is 14.4 Å². The topological polar surface area (TPSA) is 87.3 Å². The van der Waals surface area contributed by atoms with Crippen LogP contribution in [0.2, 0.25) is 5.02 Å². The van der Waals surface area contributed by atoms with Gasteiger partial charge >= 0.3 is 0 Å². The average molecular weight is 356 g/mol. The standard InChI is InChI=1S/C15H18ClN3O3S/c1-8(2)18-14(21)7-17-13(20)6-12-15(22)19-10-5-9(16)3-4-11(10)23-12/h3-5,8,12H,6-7H2,1-2H3,(H,17,20)(H,18,21)(H,19,22). The Bertz CT molecular complexity index is 636. The van der Waals surface area contributed by atoms with E-state index in [1.807, 2.05) is 19.9 Å². The number of hydrogen-bond acceptors (Lipinski definition) is 4. The molecule has 124 valence electrons. The van der Waals surface area contributed by atoms with Gasteiger partial charge in [0.25, 0.3) is 0 Å². The van der Waals surface area contributed by atoms with Crippen LogP contribution < -0.4 is 16.0 Å². The highest BCUT2D eigenvalue weighted by Crippen LogP contribution is 2.38. The summed E-state index contributed by atoms with van der Waals surface area (Å²) in [5.41, 5.74) is 0.653. The summed E-state index contributed by atoms with van der Waals surface area (Å²) in [7, 11) is 0. The molecule has 1 aromatic rings. The van der Waals surface area contributed by atoms with Crippen LogP contribution in [0.5, 0.6) is 0 Å². The van der Waals surface area contributed by atoms with Crippen molar-refractivity contribution in [2.45, 2.75) is 36.5 Å². The number of hydrogen-bond donors (Lipinski definition) is 3. The lowest BCUT2D eigenvalue weighted by molar-refractivity contribution is -0.127. The van der Waals surface area contributed by atoms with Gasteiger partial charge < -0.3 is 16.0 Å². The molecule has 23 heavy (non-hydrogen) atoms. The molecule has 3 amide bonds. The van der Waals surface area contributed by atoms with E-state index >= 15 is 0 Å². The Labute approximate surface area is 143 Å². The molecule has 0 aromatic heterocycles. The molecule has 3 N–H and O–H groups in total. The smallest absolute Gasteiger partial charge is 0.239 e. The van der Waals surface area contributed by atoms with Crippen molar-refractivity contribution in [2.24, 2.45) is 0 Å². The molecule has 6 nitrogen and oxygen atoms in total. The molecule has 8 heteroatoms. The third-order valence-corrected chi connectivity index (χ3v) is 4.54. The van der Waals surface area contributed by atoms with E-state index in [1.54, 1.807) is 12.1 Å². The maximum absolute atomic E-state index is 12.1. The highest BCUT2D eigenvalue weighted by Gasteiger charge is 2.29. The summed E-state index contributed by atoms with van der Waals surface area (Å²) in [6.45, 7) is 3.58. The van der Waals surface area contributed by atoms with Crippen molar-refractivity contribution in [3.8, 4) is 0 Å². The number of benzene rings is 1. The molecule has 0 spiro atoms. The summed E-state index contributed by atoms with van der Waals surface area (Å²) in [5, 5.41) is 7.95. The molecule has 2 rings (SSSR count). The predicted molar refractivity (Wildman–Crippen MR) is 90.6 cm³/mol. The molecule has 0 fully saturated rings. The van der Waals surface area contributed by atoms with Crippen LogP contribution in [-0.2, 0) is 14.4 Å². The number of nitrogens with one attached hydrogen (secondary N) is 3. The fourth-order valence-electron chi connectivity index (χ4n) is 2.05. The predicted octanol–water partition coefficient (Wildman–Crippen LogP) is 1.78. The van der Waals surface area contributed by atoms with Crippen LogP contribution in [0.3, 0.4) is 0 Å². The van der Waals surface area contributed by atoms with E-state index in [0.29, 0.717) is 10.7 Å². The lowest BCUT2D eigenvalue weighted by atomic mass is 10.2. The largest absolute Gasteiger partial charge is 0.352 e. The lowest BCUT2D eigenvalue weighted by Crippen LogP contribution is -2.41. The molecule has 1 aliphatic rings. The third-order valence-electron chi connectivity index (χ3n) is 3.03. The molecule has 1 atom stereocenters. The van der Waals surface area contributed by atoms with Gasteiger partial charge in [0.2, 0.25) is 17.7 Å². The first-order chi connectivity index (χ1) is 10.8. The first-order valence-corrected chi connectivity index (χ1v) is 8.44. The van der Waals surface area contributed by atoms with E-state index in [0.717, 1.165) is 4.90 Å². The molecular formula is C15H18ClN3O3S. The van der Waals surface area contributed by atoms with Gasteiger partial charge in [0.1, 0.15) is 0 Å². The van der Waals surface area contributed by atoms with Gasteiger partial charge in [-0.15, -0.1) is 11.8 Å². The number of thioether (sulfide) groups is 1. The number of halogens is 1. The van der Waals surface area contributed by atoms with Gasteiger partial charge in [0.05, 0.1) is 17.5 Å². The minimum Gasteiger partial charge on any atom is -0.352 e. The Morgan fingerprint density at radius 1 is 1.35 bits per heavy atom. The van der Waals surface area contributed by atoms with Gasteiger partial charge in [-0.3, -0.25) is 14.4 Å². The first-order valence-electron chi connectivity index (χ1n) is 7.18. The fourth-order valence-corrected chi connectivity index (χ4v) is 3.31. The number of fused-ring (bicyclic) bond motifs is 1. The zero-order valence-electron chi connectivity index (χ0n) is 12.8. The van der Waals surface area contributed by atoms with Crippen LogP contribution in [0, 0.1) is 0 Å². The minimum absolute atomic E-state index is 0.00747. The SMILES string of the molecule is CC(C)NC(=O)CNC(=O)CC1Sc2ccc(Cl)cc2NC1=O. The van der Waals surface area contributed by atoms with Crippen LogP contribution in [0.15, 0.2) is 23.1 Å². The van der Waals surface area contributed by atoms with E-state index in [4.69, 9.17) is 11.6 Å². The van der Waals surface area contributed by atoms with Crippen LogP contribution in [0.25, 0.3) is 0 Å². The monoisotopic (exact) mass is 355 g/mol. The molecule has 1 aromatic carbocycles. The maximum atomic E-state index is 12.1. The molecule has 0 aliphatic carbocycles. The van der Waals surface area contributed by atoms with Crippen molar-refractivity contribution in [1.29, 1.82) is 0 Å². The van der Waals surface area contributed by atoms with Crippen LogP contribution in [-0.4, -0.2) is 35.6 Å². The quantitative estimate of drug-likeness (QED) is 0.751. The zero-order chi connectivity index (χ0) is 17.0. The van der Waals surface area contributed by atoms with Gasteiger partial charge in [-0.1, -0.05) is 11.6 Å². The van der Waals surface area contributed by atoms with Gasteiger partial charge in [-0.2, -0.15) is 0 Å². The van der Waals surface area contributed by atoms with E-state index in [-0.39, 0.29) is 36.7 Å². The first kappa shape index (κ1) is 17.6. The Morgan fingerprint density at radius 3 is 2.78 bits per heavy atom. The van der Waals surface area contributed by atoms with Gasteiger partial charge in [0, 0.05) is 22.4 Å². The summed E-state index contributed by atoms with van der Waals surface area (Å²) in [6, 6.07) is 5.23. The summed E-state index contributed by atoms with van der Waals surface area (Å²) in [6.07, 6.45) is 0.00747. The second-order valence-electron chi connectivity index (χ2n) is 5.44. The maximum Gasteiger partial charge on any atom is 0.239 e. The number of amides is 3. The normalized spacial score (nSPS) is 16.5. The fraction of sp³-hybridized carbons (Fsp3) is 0.400. The molecule has 1 heterocycles. The third kappa shape index (κ3) is 5.14. The average Bonchev–Trinajstić information content (AvgIpc) is 2.45. The minimum atomic E-state index is -0.531. The second-order valence-corrected chi connectivity index (χ2v) is 7.12. The van der Waals surface area contributed by atoms with Crippen molar-refractivity contribution in [1.82, 2.24) is 10.6 Å². The van der Waals surface area contributed by atoms with Crippen molar-refractivity contribution >= 4 is 46.8 Å². The second kappa shape index (κ2) is 7.70. The van der Waals surface area contributed by atoms with Crippen LogP contribution in [0.4, 0.5) is 5.69 Å². The van der Waals surface area contributed by atoms with Crippen molar-refractivity contribution in [2.75, 3.05) is 11.9 Å². The summed E-state index contributed by atoms with van der Waals surface area (Å²) in [5.74, 6) is -0.838. The summed E-state index contributed by atoms with van der Waals surface area (Å²) >= 11 is 7.20. The van der Waals surface area contributed by atoms with Gasteiger partial charge in [-0.05, 0) is 32.0 Å². The van der Waals surface area contributed by atoms with Crippen molar-refractivity contribution in [3.63, 3.8) is 0 Å². The van der Waals surface area contributed by atoms with E-state index in [1.165, 1.54) is 11.8 Å². The molecule has 0 radical (unpaired) electrons. The lowest BCUT2D eigenvalue weighted by Gasteiger charge is -2.23. The van der Waals surface area contributed by atoms with Crippen LogP contribution in [0.1, 0.15) is 20.3 Å². The van der Waals surface area contributed by atoms with Gasteiger partial charge in [-0.25, -0.2) is 0 Å². The Kier molecular flexibility index (Phi) is 5.90. The van der Waals surface area contributed by atoms with Crippen molar-refractivity contribution in [3.05, 3.63) is 23.2 Å². The number of carbonyl (C=O) groups excluding carboxylic acids is 3. The summed E-state index contributed by atoms with van der Waals surface area (Å²) in [4.78, 5) is 36.3. The number of rotatable bonds is 5. The summed E-state index contributed by atoms with van der Waals surface area (Å²) < 4.78 is 0. The molecule has 0 saturated carbocycles. The number of anilines is 1.